The SMILES string of the molecule is COCCN1C(=O)/C(=C2\C(=O)N(Cc3ccc(C)cc3)c3ccccc32)SC1=S. The Morgan fingerprint density at radius 2 is 1.72 bits per heavy atom. The summed E-state index contributed by atoms with van der Waals surface area (Å²) in [7, 11) is 1.58. The number of amides is 2. The second-order valence-electron chi connectivity index (χ2n) is 6.92. The zero-order chi connectivity index (χ0) is 20.5. The van der Waals surface area contributed by atoms with Gasteiger partial charge in [0.15, 0.2) is 0 Å². The number of fused-ring (bicyclic) bond motifs is 1. The van der Waals surface area contributed by atoms with Gasteiger partial charge in [0.05, 0.1) is 35.9 Å². The van der Waals surface area contributed by atoms with Crippen LogP contribution in [-0.4, -0.2) is 41.3 Å². The van der Waals surface area contributed by atoms with E-state index in [4.69, 9.17) is 17.0 Å². The van der Waals surface area contributed by atoms with Gasteiger partial charge in [-0.1, -0.05) is 72.0 Å². The first-order valence-corrected chi connectivity index (χ1v) is 10.5. The van der Waals surface area contributed by atoms with Crippen LogP contribution in [0.25, 0.3) is 5.57 Å². The van der Waals surface area contributed by atoms with Crippen LogP contribution < -0.4 is 4.90 Å². The van der Waals surface area contributed by atoms with Gasteiger partial charge in [-0.25, -0.2) is 0 Å². The highest BCUT2D eigenvalue weighted by molar-refractivity contribution is 8.26. The van der Waals surface area contributed by atoms with Crippen molar-refractivity contribution in [1.29, 1.82) is 0 Å². The van der Waals surface area contributed by atoms with Crippen LogP contribution in [0, 0.1) is 6.92 Å². The zero-order valence-corrected chi connectivity index (χ0v) is 17.8. The Labute approximate surface area is 179 Å². The molecule has 0 atom stereocenters. The lowest BCUT2D eigenvalue weighted by Gasteiger charge is -2.17. The Morgan fingerprint density at radius 3 is 2.45 bits per heavy atom. The van der Waals surface area contributed by atoms with E-state index in [1.54, 1.807) is 12.0 Å². The summed E-state index contributed by atoms with van der Waals surface area (Å²) < 4.78 is 5.53. The molecule has 7 heteroatoms. The van der Waals surface area contributed by atoms with Gasteiger partial charge in [0.2, 0.25) is 0 Å². The van der Waals surface area contributed by atoms with Crippen molar-refractivity contribution >= 4 is 51.4 Å². The molecule has 0 spiro atoms. The molecule has 0 unspecified atom stereocenters. The van der Waals surface area contributed by atoms with Gasteiger partial charge in [-0.3, -0.25) is 14.5 Å². The molecule has 2 aromatic rings. The number of thioether (sulfide) groups is 1. The molecule has 0 radical (unpaired) electrons. The number of carbonyl (C=O) groups excluding carboxylic acids is 2. The second kappa shape index (κ2) is 8.10. The Bertz CT molecular complexity index is 1030. The van der Waals surface area contributed by atoms with Crippen molar-refractivity contribution in [3.63, 3.8) is 0 Å². The molecule has 0 bridgehead atoms. The number of ether oxygens (including phenoxy) is 1. The molecule has 1 fully saturated rings. The van der Waals surface area contributed by atoms with Crippen molar-refractivity contribution in [2.24, 2.45) is 0 Å². The van der Waals surface area contributed by atoms with Crippen LogP contribution in [0.1, 0.15) is 16.7 Å². The molecule has 5 nitrogen and oxygen atoms in total. The summed E-state index contributed by atoms with van der Waals surface area (Å²) in [6.07, 6.45) is 0. The lowest BCUT2D eigenvalue weighted by atomic mass is 10.1. The van der Waals surface area contributed by atoms with E-state index >= 15 is 0 Å². The van der Waals surface area contributed by atoms with Gasteiger partial charge in [-0.15, -0.1) is 0 Å². The van der Waals surface area contributed by atoms with Crippen LogP contribution in [0.5, 0.6) is 0 Å². The van der Waals surface area contributed by atoms with Crippen LogP contribution in [0.15, 0.2) is 53.4 Å². The number of methoxy groups -OCH3 is 1. The van der Waals surface area contributed by atoms with E-state index in [-0.39, 0.29) is 11.8 Å². The minimum atomic E-state index is -0.229. The summed E-state index contributed by atoms with van der Waals surface area (Å²) in [6, 6.07) is 15.7. The number of para-hydroxylation sites is 1. The molecule has 0 aromatic heterocycles. The van der Waals surface area contributed by atoms with Crippen LogP contribution in [0.4, 0.5) is 5.69 Å². The number of benzene rings is 2. The number of rotatable bonds is 5. The minimum absolute atomic E-state index is 0.168. The summed E-state index contributed by atoms with van der Waals surface area (Å²) in [5, 5.41) is 0. The van der Waals surface area contributed by atoms with E-state index in [1.165, 1.54) is 22.2 Å². The first-order chi connectivity index (χ1) is 14.0. The van der Waals surface area contributed by atoms with Gasteiger partial charge in [0, 0.05) is 12.7 Å². The lowest BCUT2D eigenvalue weighted by Crippen LogP contribution is -2.32. The number of anilines is 1. The Morgan fingerprint density at radius 1 is 1.00 bits per heavy atom. The van der Waals surface area contributed by atoms with Gasteiger partial charge in [0.25, 0.3) is 11.8 Å². The van der Waals surface area contributed by atoms with Crippen molar-refractivity contribution in [1.82, 2.24) is 4.90 Å². The fourth-order valence-electron chi connectivity index (χ4n) is 3.46. The summed E-state index contributed by atoms with van der Waals surface area (Å²) >= 11 is 6.57. The van der Waals surface area contributed by atoms with E-state index in [1.807, 2.05) is 55.5 Å². The fourth-order valence-corrected chi connectivity index (χ4v) is 4.84. The van der Waals surface area contributed by atoms with Crippen LogP contribution in [-0.2, 0) is 20.9 Å². The Balaban J connectivity index is 1.73. The molecular weight excluding hydrogens is 404 g/mol. The maximum absolute atomic E-state index is 13.4. The molecule has 29 heavy (non-hydrogen) atoms. The van der Waals surface area contributed by atoms with Crippen molar-refractivity contribution < 1.29 is 14.3 Å². The van der Waals surface area contributed by atoms with Crippen LogP contribution in [0.3, 0.4) is 0 Å². The third-order valence-corrected chi connectivity index (χ3v) is 6.43. The maximum Gasteiger partial charge on any atom is 0.267 e. The molecule has 2 aliphatic heterocycles. The van der Waals surface area contributed by atoms with Crippen molar-refractivity contribution in [3.8, 4) is 0 Å². The molecule has 0 saturated carbocycles. The summed E-state index contributed by atoms with van der Waals surface area (Å²) in [5.41, 5.74) is 4.23. The predicted molar refractivity (Wildman–Crippen MR) is 120 cm³/mol. The lowest BCUT2D eigenvalue weighted by molar-refractivity contribution is -0.123. The van der Waals surface area contributed by atoms with Crippen LogP contribution >= 0.6 is 24.0 Å². The minimum Gasteiger partial charge on any atom is -0.383 e. The Hall–Kier alpha value is -2.48. The maximum atomic E-state index is 13.4. The average molecular weight is 425 g/mol. The molecule has 0 aliphatic carbocycles. The monoisotopic (exact) mass is 424 g/mol. The average Bonchev–Trinajstić information content (AvgIpc) is 3.15. The zero-order valence-electron chi connectivity index (χ0n) is 16.2. The van der Waals surface area contributed by atoms with Crippen molar-refractivity contribution in [3.05, 3.63) is 70.1 Å². The fraction of sp³-hybridized carbons (Fsp3) is 0.227. The highest BCUT2D eigenvalue weighted by Crippen LogP contribution is 2.44. The Kier molecular flexibility index (Phi) is 5.54. The number of carbonyl (C=O) groups is 2. The molecule has 0 N–H and O–H groups in total. The van der Waals surface area contributed by atoms with Crippen LogP contribution in [0.2, 0.25) is 0 Å². The van der Waals surface area contributed by atoms with Crippen molar-refractivity contribution in [2.75, 3.05) is 25.2 Å². The van der Waals surface area contributed by atoms with Gasteiger partial charge in [0.1, 0.15) is 4.32 Å². The molecular formula is C22H20N2O3S2. The summed E-state index contributed by atoms with van der Waals surface area (Å²) in [6.45, 7) is 3.24. The van der Waals surface area contributed by atoms with E-state index < -0.39 is 0 Å². The quantitative estimate of drug-likeness (QED) is 0.540. The molecule has 1 saturated heterocycles. The largest absolute Gasteiger partial charge is 0.383 e. The summed E-state index contributed by atoms with van der Waals surface area (Å²) in [4.78, 5) is 30.0. The van der Waals surface area contributed by atoms with Crippen molar-refractivity contribution in [2.45, 2.75) is 13.5 Å². The predicted octanol–water partition coefficient (Wildman–Crippen LogP) is 3.76. The third-order valence-electron chi connectivity index (χ3n) is 4.98. The van der Waals surface area contributed by atoms with E-state index in [0.717, 1.165) is 16.8 Å². The standard InChI is InChI=1S/C22H20N2O3S2/c1-14-7-9-15(10-8-14)13-24-17-6-4-3-5-16(17)18(20(24)25)19-21(26)23(11-12-27-2)22(28)29-19/h3-10H,11-13H2,1-2H3/b19-18+. The molecule has 2 aliphatic rings. The smallest absolute Gasteiger partial charge is 0.267 e. The van der Waals surface area contributed by atoms with Gasteiger partial charge >= 0.3 is 0 Å². The van der Waals surface area contributed by atoms with E-state index in [9.17, 15) is 9.59 Å². The van der Waals surface area contributed by atoms with Gasteiger partial charge in [-0.2, -0.15) is 0 Å². The highest BCUT2D eigenvalue weighted by Gasteiger charge is 2.41. The number of thiocarbonyl (C=S) groups is 1. The summed E-state index contributed by atoms with van der Waals surface area (Å²) in [5.74, 6) is -0.397. The molecule has 148 valence electrons. The first kappa shape index (κ1) is 19.8. The third kappa shape index (κ3) is 3.61. The molecule has 2 amide bonds. The van der Waals surface area contributed by atoms with E-state index in [2.05, 4.69) is 0 Å². The molecule has 2 aromatic carbocycles. The number of hydrogen-bond donors (Lipinski definition) is 0. The highest BCUT2D eigenvalue weighted by atomic mass is 32.2. The van der Waals surface area contributed by atoms with E-state index in [0.29, 0.717) is 34.5 Å². The topological polar surface area (TPSA) is 49.9 Å². The second-order valence-corrected chi connectivity index (χ2v) is 8.56. The van der Waals surface area contributed by atoms with Gasteiger partial charge < -0.3 is 9.64 Å². The molecule has 2 heterocycles. The molecule has 4 rings (SSSR count). The number of nitrogens with zero attached hydrogens (tertiary/aromatic N) is 2. The first-order valence-electron chi connectivity index (χ1n) is 9.25. The van der Waals surface area contributed by atoms with Gasteiger partial charge in [-0.05, 0) is 18.6 Å². The normalized spacial score (nSPS) is 18.8. The number of hydrogen-bond acceptors (Lipinski definition) is 5. The number of aryl methyl sites for hydroxylation is 1.